The number of phenols is 6. The van der Waals surface area contributed by atoms with Gasteiger partial charge in [0.15, 0.2) is 34.5 Å². The first-order chi connectivity index (χ1) is 22.3. The second-order valence-corrected chi connectivity index (χ2v) is 10.6. The average molecular weight is 649 g/mol. The molecule has 0 saturated carbocycles. The molecular formula is C35H36O12. The number of hydrogen-bond acceptors (Lipinski definition) is 10. The molecule has 0 bridgehead atoms. The molecule has 0 fully saturated rings. The summed E-state index contributed by atoms with van der Waals surface area (Å²) in [5, 5.41) is 81.3. The van der Waals surface area contributed by atoms with Crippen molar-refractivity contribution in [3.05, 3.63) is 82.1 Å². The Labute approximate surface area is 270 Å². The fraction of sp³-hybridized carbons (Fsp3) is 0.229. The molecule has 0 amide bonds. The van der Waals surface area contributed by atoms with Gasteiger partial charge in [-0.2, -0.15) is 0 Å². The number of unbranched alkanes of at least 4 members (excludes halogenated alkanes) is 2. The van der Waals surface area contributed by atoms with E-state index in [0.29, 0.717) is 37.7 Å². The topological polar surface area (TPSA) is 222 Å². The summed E-state index contributed by atoms with van der Waals surface area (Å²) in [6, 6.07) is 8.46. The van der Waals surface area contributed by atoms with Crippen LogP contribution in [0, 0.1) is 0 Å². The van der Waals surface area contributed by atoms with E-state index >= 15 is 0 Å². The summed E-state index contributed by atoms with van der Waals surface area (Å²) < 4.78 is 5.02. The van der Waals surface area contributed by atoms with E-state index in [1.165, 1.54) is 30.3 Å². The number of carbonyl (C=O) groups excluding carboxylic acids is 1. The number of aromatic hydroxyl groups is 6. The molecule has 0 atom stereocenters. The summed E-state index contributed by atoms with van der Waals surface area (Å²) in [6.07, 6.45) is 5.83. The van der Waals surface area contributed by atoms with Crippen LogP contribution in [0.3, 0.4) is 0 Å². The van der Waals surface area contributed by atoms with Crippen molar-refractivity contribution in [1.29, 1.82) is 0 Å². The molecule has 0 heterocycles. The highest BCUT2D eigenvalue weighted by atomic mass is 16.6. The molecule has 3 aromatic carbocycles. The van der Waals surface area contributed by atoms with E-state index in [1.807, 2.05) is 13.8 Å². The van der Waals surface area contributed by atoms with Gasteiger partial charge in [-0.05, 0) is 96.0 Å². The summed E-state index contributed by atoms with van der Waals surface area (Å²) in [4.78, 5) is 37.7. The first kappa shape index (κ1) is 35.6. The summed E-state index contributed by atoms with van der Waals surface area (Å²) in [6.45, 7) is 3.79. The maximum atomic E-state index is 13.0. The summed E-state index contributed by atoms with van der Waals surface area (Å²) in [5.74, 6) is -8.43. The van der Waals surface area contributed by atoms with E-state index < -0.39 is 63.7 Å². The number of aryl methyl sites for hydroxylation is 1. The molecule has 0 aliphatic rings. The van der Waals surface area contributed by atoms with Crippen LogP contribution in [0.15, 0.2) is 54.3 Å². The Hall–Kier alpha value is -5.91. The van der Waals surface area contributed by atoms with Crippen molar-refractivity contribution in [2.75, 3.05) is 0 Å². The number of allylic oxidation sites excluding steroid dienone is 1. The van der Waals surface area contributed by atoms with Crippen LogP contribution < -0.4 is 0 Å². The molecule has 3 aromatic rings. The fourth-order valence-electron chi connectivity index (χ4n) is 4.82. The standard InChI is InChI=1S/C35H36O12/c1-3-5-7-20-18-28(40)33(42)31(32(35(45)46)22(8-6-4-2)21-10-13-25(37)27(39)17-21)23(20)11-14-30(41)47-29(34(43)44)16-19-9-12-24(36)26(38)15-19/h9-18,36-40,42H,3-8H2,1-2H3,(H,43,44)(H,45,46)/b14-11+,29-16+,32-22+. The number of aliphatic carboxylic acids is 2. The van der Waals surface area contributed by atoms with Gasteiger partial charge in [0.05, 0.1) is 5.57 Å². The van der Waals surface area contributed by atoms with Crippen molar-refractivity contribution < 1.29 is 60.0 Å². The van der Waals surface area contributed by atoms with Gasteiger partial charge in [0, 0.05) is 11.6 Å². The van der Waals surface area contributed by atoms with E-state index in [-0.39, 0.29) is 34.2 Å². The van der Waals surface area contributed by atoms with Crippen molar-refractivity contribution in [2.24, 2.45) is 0 Å². The molecule has 0 spiro atoms. The minimum absolute atomic E-state index is 0.0458. The Morgan fingerprint density at radius 1 is 0.745 bits per heavy atom. The van der Waals surface area contributed by atoms with E-state index in [9.17, 15) is 55.2 Å². The third-order valence-corrected chi connectivity index (χ3v) is 7.18. The Balaban J connectivity index is 2.25. The summed E-state index contributed by atoms with van der Waals surface area (Å²) in [5.41, 5.74) is 0.165. The molecular weight excluding hydrogens is 612 g/mol. The first-order valence-corrected chi connectivity index (χ1v) is 14.7. The molecule has 0 aromatic heterocycles. The van der Waals surface area contributed by atoms with Crippen LogP contribution in [-0.2, 0) is 25.5 Å². The van der Waals surface area contributed by atoms with Crippen molar-refractivity contribution in [1.82, 2.24) is 0 Å². The lowest BCUT2D eigenvalue weighted by Gasteiger charge is -2.20. The van der Waals surface area contributed by atoms with Gasteiger partial charge < -0.3 is 45.6 Å². The monoisotopic (exact) mass is 648 g/mol. The molecule has 0 saturated heterocycles. The largest absolute Gasteiger partial charge is 0.504 e. The van der Waals surface area contributed by atoms with Gasteiger partial charge in [0.25, 0.3) is 0 Å². The zero-order chi connectivity index (χ0) is 34.8. The Morgan fingerprint density at radius 2 is 1.38 bits per heavy atom. The number of rotatable bonds is 14. The normalized spacial score (nSPS) is 12.2. The third-order valence-electron chi connectivity index (χ3n) is 7.18. The lowest BCUT2D eigenvalue weighted by atomic mass is 9.85. The number of esters is 1. The highest BCUT2D eigenvalue weighted by molar-refractivity contribution is 6.25. The first-order valence-electron chi connectivity index (χ1n) is 14.7. The maximum absolute atomic E-state index is 13.0. The van der Waals surface area contributed by atoms with Crippen LogP contribution in [0.4, 0.5) is 0 Å². The average Bonchev–Trinajstić information content (AvgIpc) is 3.02. The lowest BCUT2D eigenvalue weighted by molar-refractivity contribution is -0.144. The fourth-order valence-corrected chi connectivity index (χ4v) is 4.82. The van der Waals surface area contributed by atoms with Crippen LogP contribution >= 0.6 is 0 Å². The molecule has 12 nitrogen and oxygen atoms in total. The number of benzene rings is 3. The van der Waals surface area contributed by atoms with Crippen molar-refractivity contribution >= 4 is 41.2 Å². The number of phenolic OH excluding ortho intramolecular Hbond substituents is 6. The third kappa shape index (κ3) is 8.85. The molecule has 0 aliphatic heterocycles. The molecule has 248 valence electrons. The molecule has 0 aliphatic carbocycles. The number of carboxylic acids is 2. The van der Waals surface area contributed by atoms with Gasteiger partial charge in [0.2, 0.25) is 5.76 Å². The van der Waals surface area contributed by atoms with Gasteiger partial charge in [-0.1, -0.05) is 38.8 Å². The second-order valence-electron chi connectivity index (χ2n) is 10.6. The second kappa shape index (κ2) is 15.9. The summed E-state index contributed by atoms with van der Waals surface area (Å²) >= 11 is 0. The Kier molecular flexibility index (Phi) is 12.0. The predicted octanol–water partition coefficient (Wildman–Crippen LogP) is 6.13. The zero-order valence-electron chi connectivity index (χ0n) is 25.7. The van der Waals surface area contributed by atoms with E-state index in [1.54, 1.807) is 0 Å². The minimum Gasteiger partial charge on any atom is -0.504 e. The number of hydrogen-bond donors (Lipinski definition) is 8. The highest BCUT2D eigenvalue weighted by Gasteiger charge is 2.27. The molecule has 12 heteroatoms. The van der Waals surface area contributed by atoms with Crippen molar-refractivity contribution in [3.63, 3.8) is 0 Å². The smallest absolute Gasteiger partial charge is 0.371 e. The maximum Gasteiger partial charge on any atom is 0.371 e. The van der Waals surface area contributed by atoms with Gasteiger partial charge >= 0.3 is 17.9 Å². The molecule has 0 radical (unpaired) electrons. The van der Waals surface area contributed by atoms with E-state index in [0.717, 1.165) is 30.4 Å². The van der Waals surface area contributed by atoms with E-state index in [4.69, 9.17) is 4.74 Å². The summed E-state index contributed by atoms with van der Waals surface area (Å²) in [7, 11) is 0. The van der Waals surface area contributed by atoms with Gasteiger partial charge in [-0.3, -0.25) is 0 Å². The van der Waals surface area contributed by atoms with E-state index in [2.05, 4.69) is 0 Å². The van der Waals surface area contributed by atoms with Gasteiger partial charge in [-0.15, -0.1) is 0 Å². The van der Waals surface area contributed by atoms with Gasteiger partial charge in [0.1, 0.15) is 0 Å². The molecule has 47 heavy (non-hydrogen) atoms. The van der Waals surface area contributed by atoms with Crippen molar-refractivity contribution in [2.45, 2.75) is 52.4 Å². The van der Waals surface area contributed by atoms with Gasteiger partial charge in [-0.25, -0.2) is 14.4 Å². The number of carboxylic acid groups (broad SMARTS) is 2. The molecule has 8 N–H and O–H groups in total. The Morgan fingerprint density at radius 3 is 1.96 bits per heavy atom. The minimum atomic E-state index is -1.63. The lowest BCUT2D eigenvalue weighted by Crippen LogP contribution is -2.10. The van der Waals surface area contributed by atoms with Crippen LogP contribution in [-0.4, -0.2) is 58.8 Å². The highest BCUT2D eigenvalue weighted by Crippen LogP contribution is 2.44. The molecule has 3 rings (SSSR count). The van der Waals surface area contributed by atoms with Crippen LogP contribution in [0.25, 0.3) is 23.3 Å². The predicted molar refractivity (Wildman–Crippen MR) is 173 cm³/mol. The van der Waals surface area contributed by atoms with Crippen LogP contribution in [0.2, 0.25) is 0 Å². The van der Waals surface area contributed by atoms with Crippen LogP contribution in [0.5, 0.6) is 34.5 Å². The van der Waals surface area contributed by atoms with Crippen LogP contribution in [0.1, 0.15) is 73.8 Å². The molecule has 0 unspecified atom stereocenters. The SMILES string of the molecule is CCCC/C(=C(\C(=O)O)c1c(O)c(O)cc(CCCC)c1/C=C/C(=O)O/C(=C/c1ccc(O)c(O)c1)C(=O)O)c1ccc(O)c(O)c1. The number of ether oxygens (including phenoxy) is 1. The number of carbonyl (C=O) groups is 3. The quantitative estimate of drug-likeness (QED) is 0.0325. The Bertz CT molecular complexity index is 1760. The van der Waals surface area contributed by atoms with Crippen molar-refractivity contribution in [3.8, 4) is 34.5 Å². The zero-order valence-corrected chi connectivity index (χ0v) is 25.7.